The minimum Gasteiger partial charge on any atom is -0.476 e. The number of fused-ring (bicyclic) bond motifs is 1. The van der Waals surface area contributed by atoms with Crippen LogP contribution in [0.4, 0.5) is 0 Å². The average molecular weight is 875 g/mol. The second-order valence-electron chi connectivity index (χ2n) is 16.3. The Bertz CT molecular complexity index is 1960. The fourth-order valence-electron chi connectivity index (χ4n) is 7.16. The maximum atomic E-state index is 6.92. The van der Waals surface area contributed by atoms with Crippen molar-refractivity contribution in [2.24, 2.45) is 7.05 Å². The summed E-state index contributed by atoms with van der Waals surface area (Å²) in [5.41, 5.74) is 6.21. The molecule has 0 N–H and O–H groups in total. The molecule has 15 heteroatoms. The molecule has 6 heterocycles. The Morgan fingerprint density at radius 2 is 1.91 bits per heavy atom. The van der Waals surface area contributed by atoms with E-state index in [2.05, 4.69) is 92.7 Å². The molecule has 0 amide bonds. The maximum Gasteiger partial charge on any atom is 0.246 e. The molecular formula is C39H59IN8O5Si. The molecule has 1 unspecified atom stereocenters. The van der Waals surface area contributed by atoms with Crippen LogP contribution in [-0.4, -0.2) is 99.8 Å². The van der Waals surface area contributed by atoms with Crippen LogP contribution in [0.15, 0.2) is 12.6 Å². The van der Waals surface area contributed by atoms with Gasteiger partial charge in [-0.3, -0.25) is 14.6 Å². The molecule has 0 aliphatic carbocycles. The molecule has 0 bridgehead atoms. The normalized spacial score (nSPS) is 20.3. The highest BCUT2D eigenvalue weighted by Gasteiger charge is 2.39. The lowest BCUT2D eigenvalue weighted by atomic mass is 10.1. The molecular weight excluding hydrogens is 815 g/mol. The van der Waals surface area contributed by atoms with Gasteiger partial charge in [0.05, 0.1) is 81.6 Å². The third-order valence-electron chi connectivity index (χ3n) is 11.3. The van der Waals surface area contributed by atoms with Crippen molar-refractivity contribution in [2.75, 3.05) is 40.1 Å². The molecule has 2 saturated heterocycles. The molecule has 0 aromatic carbocycles. The summed E-state index contributed by atoms with van der Waals surface area (Å²) in [6, 6.07) is 2.08. The van der Waals surface area contributed by atoms with Crippen molar-refractivity contribution in [3.63, 3.8) is 0 Å². The van der Waals surface area contributed by atoms with Crippen LogP contribution in [0.25, 0.3) is 28.2 Å². The number of aromatic nitrogens is 7. The number of hydrogen-bond donors (Lipinski definition) is 0. The zero-order valence-corrected chi connectivity index (χ0v) is 37.2. The predicted octanol–water partition coefficient (Wildman–Crippen LogP) is 7.85. The first-order valence-electron chi connectivity index (χ1n) is 19.2. The van der Waals surface area contributed by atoms with Crippen LogP contribution in [0.2, 0.25) is 18.1 Å². The van der Waals surface area contributed by atoms with Crippen LogP contribution in [0.3, 0.4) is 0 Å². The predicted molar refractivity (Wildman–Crippen MR) is 223 cm³/mol. The van der Waals surface area contributed by atoms with Gasteiger partial charge in [0.2, 0.25) is 11.8 Å². The third kappa shape index (κ3) is 8.03. The third-order valence-corrected chi connectivity index (χ3v) is 16.9. The lowest BCUT2D eigenvalue weighted by Gasteiger charge is -2.37. The fraction of sp³-hybridized carbons (Fsp3) is 0.641. The molecule has 2 fully saturated rings. The van der Waals surface area contributed by atoms with Crippen molar-refractivity contribution in [1.29, 1.82) is 0 Å². The van der Waals surface area contributed by atoms with Gasteiger partial charge in [0.1, 0.15) is 6.10 Å². The van der Waals surface area contributed by atoms with Gasteiger partial charge < -0.3 is 23.4 Å². The van der Waals surface area contributed by atoms with E-state index in [4.69, 9.17) is 43.7 Å². The van der Waals surface area contributed by atoms with E-state index in [9.17, 15) is 0 Å². The molecule has 13 nitrogen and oxygen atoms in total. The highest BCUT2D eigenvalue weighted by molar-refractivity contribution is 14.1. The number of hydrogen-bond acceptors (Lipinski definition) is 10. The Morgan fingerprint density at radius 1 is 1.15 bits per heavy atom. The van der Waals surface area contributed by atoms with Gasteiger partial charge in [-0.05, 0) is 107 Å². The van der Waals surface area contributed by atoms with Gasteiger partial charge in [0, 0.05) is 25.6 Å². The van der Waals surface area contributed by atoms with Crippen LogP contribution < -0.4 is 9.47 Å². The standard InChI is InChI=1S/C39H59IN8O5Si/c1-13-28-27-19-29(41-26(5)36(27)48(43-28)33-17-15-16-18-51-33)34-25(4)42-46(10)38(34)53-32-23-49-22-31(32)45(9)20-30-35(40)37(50-14-2)44-47(30)24(3)21-52-54(11,12)39(6,7)8/h13,19,24,31-33H,1,14-18,20-23H2,2-12H3/t24-,31+,32-,33?/m0/s1. The minimum absolute atomic E-state index is 0.0225. The van der Waals surface area contributed by atoms with E-state index < -0.39 is 8.32 Å². The van der Waals surface area contributed by atoms with E-state index in [0.717, 1.165) is 74.4 Å². The molecule has 296 valence electrons. The Morgan fingerprint density at radius 3 is 2.57 bits per heavy atom. The first-order valence-corrected chi connectivity index (χ1v) is 23.2. The monoisotopic (exact) mass is 874 g/mol. The van der Waals surface area contributed by atoms with Crippen LogP contribution in [-0.2, 0) is 27.5 Å². The second-order valence-corrected chi connectivity index (χ2v) is 22.2. The van der Waals surface area contributed by atoms with E-state index in [1.165, 1.54) is 0 Å². The highest BCUT2D eigenvalue weighted by atomic mass is 127. The number of halogens is 1. The summed E-state index contributed by atoms with van der Waals surface area (Å²) < 4.78 is 38.7. The first kappa shape index (κ1) is 40.8. The second kappa shape index (κ2) is 16.3. The van der Waals surface area contributed by atoms with Crippen molar-refractivity contribution in [3.8, 4) is 23.0 Å². The average Bonchev–Trinajstić information content (AvgIpc) is 3.88. The Balaban J connectivity index is 1.26. The summed E-state index contributed by atoms with van der Waals surface area (Å²) in [5, 5.41) is 15.8. The number of pyridine rings is 1. The molecule has 0 radical (unpaired) electrons. The number of likely N-dealkylation sites (N-methyl/N-ethyl adjacent to an activating group) is 1. The summed E-state index contributed by atoms with van der Waals surface area (Å²) in [6.07, 6.45) is 4.56. The lowest BCUT2D eigenvalue weighted by Crippen LogP contribution is -2.44. The largest absolute Gasteiger partial charge is 0.476 e. The number of ether oxygens (including phenoxy) is 4. The molecule has 6 rings (SSSR count). The van der Waals surface area contributed by atoms with E-state index >= 15 is 0 Å². The van der Waals surface area contributed by atoms with Gasteiger partial charge in [-0.25, -0.2) is 9.36 Å². The van der Waals surface area contributed by atoms with E-state index in [1.807, 2.05) is 37.2 Å². The molecule has 4 aromatic rings. The summed E-state index contributed by atoms with van der Waals surface area (Å²) in [6.45, 7) is 27.1. The SMILES string of the molecule is C=Cc1nn(C2CCCCO2)c2c(C)nc(-c3c(C)nn(C)c3O[C@H]3COC[C@H]3N(C)Cc3c(I)c(OCC)nn3[C@@H](C)CO[Si](C)(C)C(C)(C)C)cc12. The van der Waals surface area contributed by atoms with Crippen LogP contribution in [0, 0.1) is 17.4 Å². The van der Waals surface area contributed by atoms with Crippen molar-refractivity contribution in [1.82, 2.24) is 39.2 Å². The van der Waals surface area contributed by atoms with Gasteiger partial charge in [0.25, 0.3) is 0 Å². The van der Waals surface area contributed by atoms with Crippen molar-refractivity contribution in [3.05, 3.63) is 39.0 Å². The van der Waals surface area contributed by atoms with E-state index in [0.29, 0.717) is 44.7 Å². The number of nitrogens with zero attached hydrogens (tertiary/aromatic N) is 8. The minimum atomic E-state index is -1.94. The number of aryl methyl sites for hydroxylation is 3. The zero-order valence-electron chi connectivity index (χ0n) is 34.0. The Kier molecular flexibility index (Phi) is 12.3. The Hall–Kier alpha value is -2.83. The zero-order chi connectivity index (χ0) is 39.1. The van der Waals surface area contributed by atoms with Crippen LogP contribution in [0.1, 0.15) is 88.9 Å². The topological polar surface area (TPSA) is 116 Å². The quantitative estimate of drug-likeness (QED) is 0.0917. The lowest BCUT2D eigenvalue weighted by molar-refractivity contribution is -0.0368. The van der Waals surface area contributed by atoms with Crippen molar-refractivity contribution < 1.29 is 23.4 Å². The van der Waals surface area contributed by atoms with Gasteiger partial charge >= 0.3 is 0 Å². The van der Waals surface area contributed by atoms with Gasteiger partial charge in [-0.15, -0.1) is 5.10 Å². The van der Waals surface area contributed by atoms with Crippen molar-refractivity contribution in [2.45, 2.75) is 117 Å². The molecule has 0 saturated carbocycles. The fourth-order valence-corrected chi connectivity index (χ4v) is 8.93. The molecule has 0 spiro atoms. The van der Waals surface area contributed by atoms with E-state index in [1.54, 1.807) is 6.08 Å². The molecule has 4 aromatic heterocycles. The summed E-state index contributed by atoms with van der Waals surface area (Å²) in [5.74, 6) is 1.31. The smallest absolute Gasteiger partial charge is 0.246 e. The van der Waals surface area contributed by atoms with Gasteiger partial charge in [-0.1, -0.05) is 27.4 Å². The van der Waals surface area contributed by atoms with E-state index in [-0.39, 0.29) is 29.5 Å². The summed E-state index contributed by atoms with van der Waals surface area (Å²) in [4.78, 5) is 7.44. The number of rotatable bonds is 14. The van der Waals surface area contributed by atoms with Gasteiger partial charge in [0.15, 0.2) is 14.5 Å². The highest BCUT2D eigenvalue weighted by Crippen LogP contribution is 2.39. The van der Waals surface area contributed by atoms with Gasteiger partial charge in [-0.2, -0.15) is 10.2 Å². The Labute approximate surface area is 335 Å². The van der Waals surface area contributed by atoms with Crippen LogP contribution >= 0.6 is 22.6 Å². The molecule has 54 heavy (non-hydrogen) atoms. The summed E-state index contributed by atoms with van der Waals surface area (Å²) >= 11 is 2.37. The van der Waals surface area contributed by atoms with Crippen molar-refractivity contribution >= 4 is 47.9 Å². The molecule has 4 atom stereocenters. The van der Waals surface area contributed by atoms with Crippen LogP contribution in [0.5, 0.6) is 11.8 Å². The summed E-state index contributed by atoms with van der Waals surface area (Å²) in [7, 11) is 2.10. The first-order chi connectivity index (χ1) is 25.6. The molecule has 2 aliphatic heterocycles. The maximum absolute atomic E-state index is 6.92. The molecule has 2 aliphatic rings.